The van der Waals surface area contributed by atoms with Crippen LogP contribution in [0.25, 0.3) is 0 Å². The van der Waals surface area contributed by atoms with E-state index in [4.69, 9.17) is 13.8 Å². The van der Waals surface area contributed by atoms with Gasteiger partial charge in [-0.2, -0.15) is 0 Å². The predicted molar refractivity (Wildman–Crippen MR) is 99.8 cm³/mol. The van der Waals surface area contributed by atoms with Crippen LogP contribution in [0.15, 0.2) is 12.7 Å². The lowest BCUT2D eigenvalue weighted by atomic mass is 10.2. The van der Waals surface area contributed by atoms with Gasteiger partial charge in [0.2, 0.25) is 0 Å². The minimum Gasteiger partial charge on any atom is -0.452 e. The molecule has 0 amide bonds. The highest BCUT2D eigenvalue weighted by atomic mass is 32.2. The van der Waals surface area contributed by atoms with Crippen molar-refractivity contribution < 1.29 is 18.6 Å². The van der Waals surface area contributed by atoms with E-state index < -0.39 is 14.1 Å². The number of nitrogens with zero attached hydrogens (tertiary/aromatic N) is 1. The van der Waals surface area contributed by atoms with Gasteiger partial charge in [0.05, 0.1) is 13.2 Å². The Labute approximate surface area is 147 Å². The van der Waals surface area contributed by atoms with Crippen LogP contribution >= 0.6 is 20.3 Å². The third kappa shape index (κ3) is 11.1. The maximum atomic E-state index is 11.7. The van der Waals surface area contributed by atoms with Crippen LogP contribution in [-0.4, -0.2) is 46.6 Å². The molecule has 0 spiro atoms. The van der Waals surface area contributed by atoms with Crippen molar-refractivity contribution in [3.05, 3.63) is 12.7 Å². The van der Waals surface area contributed by atoms with Crippen LogP contribution in [0.2, 0.25) is 0 Å². The third-order valence-corrected chi connectivity index (χ3v) is 5.21. The first-order valence-corrected chi connectivity index (χ1v) is 10.0. The molecule has 0 aromatic carbocycles. The van der Waals surface area contributed by atoms with Gasteiger partial charge in [0, 0.05) is 17.8 Å². The van der Waals surface area contributed by atoms with Gasteiger partial charge >= 0.3 is 5.30 Å². The van der Waals surface area contributed by atoms with E-state index >= 15 is 0 Å². The molecule has 0 aliphatic heterocycles. The fourth-order valence-electron chi connectivity index (χ4n) is 1.78. The fourth-order valence-corrected chi connectivity index (χ4v) is 4.12. The van der Waals surface area contributed by atoms with Crippen LogP contribution in [0.5, 0.6) is 0 Å². The largest absolute Gasteiger partial charge is 0.452 e. The van der Waals surface area contributed by atoms with E-state index in [2.05, 4.69) is 38.9 Å². The molecular weight excluding hydrogens is 333 g/mol. The highest BCUT2D eigenvalue weighted by Gasteiger charge is 2.27. The van der Waals surface area contributed by atoms with Crippen LogP contribution in [0.3, 0.4) is 0 Å². The van der Waals surface area contributed by atoms with Crippen LogP contribution < -0.4 is 0 Å². The normalized spacial score (nSPS) is 13.7. The van der Waals surface area contributed by atoms with E-state index in [-0.39, 0.29) is 5.30 Å². The van der Waals surface area contributed by atoms with E-state index in [0.29, 0.717) is 31.1 Å². The first-order chi connectivity index (χ1) is 10.6. The zero-order chi connectivity index (χ0) is 18.0. The summed E-state index contributed by atoms with van der Waals surface area (Å²) < 4.78 is 19.1. The second-order valence-corrected chi connectivity index (χ2v) is 9.02. The molecule has 23 heavy (non-hydrogen) atoms. The number of ether oxygens (including phenoxy) is 1. The number of carbonyl (C=O) groups excluding carboxylic acids is 1. The monoisotopic (exact) mass is 365 g/mol. The summed E-state index contributed by atoms with van der Waals surface area (Å²) >= 11 is 1.13. The Morgan fingerprint density at radius 2 is 1.78 bits per heavy atom. The van der Waals surface area contributed by atoms with Gasteiger partial charge < -0.3 is 13.8 Å². The van der Waals surface area contributed by atoms with Crippen LogP contribution in [0, 0.1) is 0 Å². The number of carbonyl (C=O) groups is 1. The average Bonchev–Trinajstić information content (AvgIpc) is 2.37. The minimum absolute atomic E-state index is 0.276. The van der Waals surface area contributed by atoms with Gasteiger partial charge in [0.15, 0.2) is 0 Å². The standard InChI is InChI=1S/C16H32NO4PS/c1-9-10-19-22(17(13(2)3)14(4)5)20-11-12-23-15(18)21-16(6,7)8/h9,13-14H,1,10-12H2,2-8H3. The van der Waals surface area contributed by atoms with Crippen molar-refractivity contribution in [3.8, 4) is 0 Å². The van der Waals surface area contributed by atoms with Crippen molar-refractivity contribution >= 4 is 25.6 Å². The topological polar surface area (TPSA) is 48.0 Å². The van der Waals surface area contributed by atoms with Crippen molar-refractivity contribution in [1.29, 1.82) is 0 Å². The van der Waals surface area contributed by atoms with E-state index in [1.165, 1.54) is 0 Å². The van der Waals surface area contributed by atoms with E-state index in [0.717, 1.165) is 11.8 Å². The molecule has 0 radical (unpaired) electrons. The SMILES string of the molecule is C=CCOP(OCCSC(=O)OC(C)(C)C)N(C(C)C)C(C)C. The Morgan fingerprint density at radius 3 is 2.22 bits per heavy atom. The van der Waals surface area contributed by atoms with Gasteiger partial charge in [-0.15, -0.1) is 6.58 Å². The summed E-state index contributed by atoms with van der Waals surface area (Å²) in [5.74, 6) is 0.537. The lowest BCUT2D eigenvalue weighted by Crippen LogP contribution is -2.33. The summed E-state index contributed by atoms with van der Waals surface area (Å²) in [7, 11) is -1.17. The molecule has 0 aliphatic rings. The molecule has 0 aromatic rings. The molecule has 5 nitrogen and oxygen atoms in total. The quantitative estimate of drug-likeness (QED) is 0.229. The Bertz CT molecular complexity index is 350. The minimum atomic E-state index is -1.17. The molecule has 0 saturated heterocycles. The van der Waals surface area contributed by atoms with Gasteiger partial charge in [-0.05, 0) is 60.2 Å². The summed E-state index contributed by atoms with van der Waals surface area (Å²) in [4.78, 5) is 11.7. The van der Waals surface area contributed by atoms with E-state index in [1.807, 2.05) is 20.8 Å². The van der Waals surface area contributed by atoms with E-state index in [9.17, 15) is 4.79 Å². The molecule has 0 N–H and O–H groups in total. The number of hydrogen-bond donors (Lipinski definition) is 0. The molecule has 0 bridgehead atoms. The van der Waals surface area contributed by atoms with E-state index in [1.54, 1.807) is 6.08 Å². The molecule has 0 aromatic heterocycles. The first kappa shape index (κ1) is 22.9. The summed E-state index contributed by atoms with van der Waals surface area (Å²) in [6.45, 7) is 18.6. The Kier molecular flexibility index (Phi) is 11.4. The van der Waals surface area contributed by atoms with Crippen LogP contribution in [0.4, 0.5) is 4.79 Å². The average molecular weight is 365 g/mol. The molecule has 1 unspecified atom stereocenters. The highest BCUT2D eigenvalue weighted by Crippen LogP contribution is 2.45. The van der Waals surface area contributed by atoms with Crippen molar-refractivity contribution in [3.63, 3.8) is 0 Å². The molecule has 7 heteroatoms. The van der Waals surface area contributed by atoms with Crippen molar-refractivity contribution in [2.24, 2.45) is 0 Å². The third-order valence-electron chi connectivity index (χ3n) is 2.44. The van der Waals surface area contributed by atoms with Crippen LogP contribution in [0.1, 0.15) is 48.5 Å². The summed E-state index contributed by atoms with van der Waals surface area (Å²) in [6, 6.07) is 0.619. The summed E-state index contributed by atoms with van der Waals surface area (Å²) in [5.41, 5.74) is -0.462. The molecule has 0 aliphatic carbocycles. The van der Waals surface area contributed by atoms with Gasteiger partial charge in [-0.3, -0.25) is 0 Å². The van der Waals surface area contributed by atoms with Gasteiger partial charge in [0.1, 0.15) is 5.60 Å². The highest BCUT2D eigenvalue weighted by molar-refractivity contribution is 8.13. The summed E-state index contributed by atoms with van der Waals surface area (Å²) in [6.07, 6.45) is 1.72. The molecule has 0 saturated carbocycles. The van der Waals surface area contributed by atoms with Crippen molar-refractivity contribution in [2.75, 3.05) is 19.0 Å². The number of thioether (sulfide) groups is 1. The lowest BCUT2D eigenvalue weighted by molar-refractivity contribution is 0.0737. The zero-order valence-electron chi connectivity index (χ0n) is 15.5. The molecule has 0 fully saturated rings. The second kappa shape index (κ2) is 11.4. The maximum absolute atomic E-state index is 11.7. The fraction of sp³-hybridized carbons (Fsp3) is 0.812. The second-order valence-electron chi connectivity index (χ2n) is 6.54. The zero-order valence-corrected chi connectivity index (χ0v) is 17.2. The Morgan fingerprint density at radius 1 is 1.22 bits per heavy atom. The van der Waals surface area contributed by atoms with Crippen molar-refractivity contribution in [2.45, 2.75) is 66.2 Å². The Balaban J connectivity index is 4.40. The van der Waals surface area contributed by atoms with Gasteiger partial charge in [-0.25, -0.2) is 9.46 Å². The predicted octanol–water partition coefficient (Wildman–Crippen LogP) is 5.22. The number of rotatable bonds is 10. The first-order valence-electron chi connectivity index (χ1n) is 7.89. The van der Waals surface area contributed by atoms with Gasteiger partial charge in [-0.1, -0.05) is 6.08 Å². The smallest absolute Gasteiger partial charge is 0.367 e. The molecule has 0 rings (SSSR count). The maximum Gasteiger partial charge on any atom is 0.367 e. The van der Waals surface area contributed by atoms with Crippen molar-refractivity contribution in [1.82, 2.24) is 4.67 Å². The molecular formula is C16H32NO4PS. The molecule has 136 valence electrons. The molecule has 0 heterocycles. The summed E-state index contributed by atoms with van der Waals surface area (Å²) in [5, 5.41) is -0.276. The lowest BCUT2D eigenvalue weighted by Gasteiger charge is -2.35. The van der Waals surface area contributed by atoms with Gasteiger partial charge in [0.25, 0.3) is 8.53 Å². The van der Waals surface area contributed by atoms with Crippen LogP contribution in [-0.2, 0) is 13.8 Å². The Hall–Kier alpha value is -0.130. The number of hydrogen-bond acceptors (Lipinski definition) is 6. The molecule has 1 atom stereocenters.